The quantitative estimate of drug-likeness (QED) is 0.536. The van der Waals surface area contributed by atoms with Crippen LogP contribution in [0.1, 0.15) is 50.0 Å². The highest BCUT2D eigenvalue weighted by Crippen LogP contribution is 2.11. The lowest BCUT2D eigenvalue weighted by Gasteiger charge is -2.11. The first-order valence-corrected chi connectivity index (χ1v) is 6.95. The zero-order valence-electron chi connectivity index (χ0n) is 12.1. The molecule has 0 aliphatic carbocycles. The first-order valence-electron chi connectivity index (χ1n) is 6.95. The molecule has 1 heterocycles. The largest absolute Gasteiger partial charge is 0.461 e. The number of methoxy groups -OCH3 is 1. The van der Waals surface area contributed by atoms with Crippen LogP contribution < -0.4 is 9.57 Å². The summed E-state index contributed by atoms with van der Waals surface area (Å²) in [5.74, 6) is 0.139. The molecule has 0 aliphatic heterocycles. The second-order valence-corrected chi connectivity index (χ2v) is 4.62. The summed E-state index contributed by atoms with van der Waals surface area (Å²) in [6.45, 7) is 4.98. The summed E-state index contributed by atoms with van der Waals surface area (Å²) in [7, 11) is 1.37. The Bertz CT molecular complexity index is 393. The van der Waals surface area contributed by atoms with E-state index in [9.17, 15) is 4.79 Å². The van der Waals surface area contributed by atoms with E-state index in [1.54, 1.807) is 18.3 Å². The molecule has 1 aromatic heterocycles. The van der Waals surface area contributed by atoms with E-state index in [0.717, 1.165) is 12.8 Å². The molecule has 4 nitrogen and oxygen atoms in total. The molecular formula is C15H24NO3+. The fraction of sp³-hybridized carbons (Fsp3) is 0.600. The molecule has 0 saturated heterocycles. The molecule has 1 aromatic rings. The van der Waals surface area contributed by atoms with Gasteiger partial charge in [0.05, 0.1) is 7.11 Å². The molecular weight excluding hydrogens is 242 g/mol. The molecule has 0 spiro atoms. The smallest absolute Gasteiger partial charge is 0.408 e. The van der Waals surface area contributed by atoms with Crippen molar-refractivity contribution in [3.63, 3.8) is 0 Å². The number of rotatable bonds is 8. The zero-order chi connectivity index (χ0) is 14.1. The SMILES string of the molecule is CCCCC(CC)CO[n+]1ccccc1C(=O)OC. The fourth-order valence-corrected chi connectivity index (χ4v) is 1.89. The molecule has 0 radical (unpaired) electrons. The summed E-state index contributed by atoms with van der Waals surface area (Å²) in [5, 5.41) is 0. The lowest BCUT2D eigenvalue weighted by atomic mass is 10.0. The van der Waals surface area contributed by atoms with Gasteiger partial charge in [-0.05, 0) is 24.8 Å². The topological polar surface area (TPSA) is 39.4 Å². The first kappa shape index (κ1) is 15.5. The van der Waals surface area contributed by atoms with Crippen LogP contribution in [-0.2, 0) is 4.74 Å². The van der Waals surface area contributed by atoms with Crippen LogP contribution in [0.15, 0.2) is 24.4 Å². The van der Waals surface area contributed by atoms with Crippen LogP contribution in [0.3, 0.4) is 0 Å². The van der Waals surface area contributed by atoms with Crippen molar-refractivity contribution in [1.82, 2.24) is 0 Å². The van der Waals surface area contributed by atoms with Gasteiger partial charge in [-0.1, -0.05) is 26.7 Å². The van der Waals surface area contributed by atoms with Gasteiger partial charge in [0.15, 0.2) is 6.61 Å². The molecule has 0 saturated carbocycles. The number of unbranched alkanes of at least 4 members (excludes halogenated alkanes) is 1. The monoisotopic (exact) mass is 266 g/mol. The Labute approximate surface area is 115 Å². The molecule has 0 amide bonds. The van der Waals surface area contributed by atoms with E-state index in [2.05, 4.69) is 13.8 Å². The van der Waals surface area contributed by atoms with Gasteiger partial charge in [-0.3, -0.25) is 4.84 Å². The second kappa shape index (κ2) is 8.51. The molecule has 0 aromatic carbocycles. The zero-order valence-corrected chi connectivity index (χ0v) is 12.1. The number of ether oxygens (including phenoxy) is 1. The lowest BCUT2D eigenvalue weighted by Crippen LogP contribution is -2.49. The van der Waals surface area contributed by atoms with Crippen LogP contribution in [0.4, 0.5) is 0 Å². The van der Waals surface area contributed by atoms with Gasteiger partial charge >= 0.3 is 11.7 Å². The Balaban J connectivity index is 2.63. The lowest BCUT2D eigenvalue weighted by molar-refractivity contribution is -0.893. The van der Waals surface area contributed by atoms with Crippen molar-refractivity contribution >= 4 is 5.97 Å². The van der Waals surface area contributed by atoms with Gasteiger partial charge in [0.2, 0.25) is 6.20 Å². The van der Waals surface area contributed by atoms with E-state index in [-0.39, 0.29) is 5.97 Å². The number of hydrogen-bond donors (Lipinski definition) is 0. The van der Waals surface area contributed by atoms with E-state index >= 15 is 0 Å². The third kappa shape index (κ3) is 4.89. The number of hydrogen-bond acceptors (Lipinski definition) is 3. The van der Waals surface area contributed by atoms with E-state index < -0.39 is 0 Å². The average molecular weight is 266 g/mol. The molecule has 0 bridgehead atoms. The molecule has 0 fully saturated rings. The molecule has 0 aliphatic rings. The predicted molar refractivity (Wildman–Crippen MR) is 72.7 cm³/mol. The number of pyridine rings is 1. The number of carbonyl (C=O) groups excluding carboxylic acids is 1. The highest BCUT2D eigenvalue weighted by molar-refractivity contribution is 5.85. The first-order chi connectivity index (χ1) is 9.22. The van der Waals surface area contributed by atoms with E-state index in [4.69, 9.17) is 9.57 Å². The van der Waals surface area contributed by atoms with Gasteiger partial charge in [0.25, 0.3) is 0 Å². The van der Waals surface area contributed by atoms with Gasteiger partial charge in [-0.2, -0.15) is 0 Å². The van der Waals surface area contributed by atoms with E-state index in [1.807, 2.05) is 6.07 Å². The van der Waals surface area contributed by atoms with Gasteiger partial charge in [0, 0.05) is 16.9 Å². The van der Waals surface area contributed by atoms with Gasteiger partial charge in [-0.25, -0.2) is 4.79 Å². The Morgan fingerprint density at radius 3 is 2.79 bits per heavy atom. The van der Waals surface area contributed by atoms with Crippen molar-refractivity contribution in [3.05, 3.63) is 30.1 Å². The minimum Gasteiger partial charge on any atom is -0.461 e. The van der Waals surface area contributed by atoms with Crippen LogP contribution >= 0.6 is 0 Å². The summed E-state index contributed by atoms with van der Waals surface area (Å²) in [5.41, 5.74) is 0.412. The molecule has 1 rings (SSSR count). The molecule has 19 heavy (non-hydrogen) atoms. The van der Waals surface area contributed by atoms with Crippen molar-refractivity contribution < 1.29 is 19.1 Å². The van der Waals surface area contributed by atoms with E-state index in [0.29, 0.717) is 18.2 Å². The fourth-order valence-electron chi connectivity index (χ4n) is 1.89. The van der Waals surface area contributed by atoms with Crippen LogP contribution in [0.2, 0.25) is 0 Å². The molecule has 1 unspecified atom stereocenters. The number of carbonyl (C=O) groups is 1. The normalized spacial score (nSPS) is 11.9. The Morgan fingerprint density at radius 1 is 1.37 bits per heavy atom. The minimum absolute atomic E-state index is 0.387. The number of aromatic nitrogens is 1. The third-order valence-electron chi connectivity index (χ3n) is 3.21. The van der Waals surface area contributed by atoms with E-state index in [1.165, 1.54) is 24.7 Å². The maximum Gasteiger partial charge on any atom is 0.408 e. The molecule has 4 heteroatoms. The minimum atomic E-state index is -0.387. The van der Waals surface area contributed by atoms with Crippen LogP contribution in [0.25, 0.3) is 0 Å². The highest BCUT2D eigenvalue weighted by atomic mass is 16.7. The second-order valence-electron chi connectivity index (χ2n) is 4.62. The van der Waals surface area contributed by atoms with Gasteiger partial charge < -0.3 is 4.74 Å². The Morgan fingerprint density at radius 2 is 2.16 bits per heavy atom. The third-order valence-corrected chi connectivity index (χ3v) is 3.21. The van der Waals surface area contributed by atoms with Crippen LogP contribution in [-0.4, -0.2) is 19.7 Å². The van der Waals surface area contributed by atoms with Crippen molar-refractivity contribution in [2.45, 2.75) is 39.5 Å². The number of nitrogens with zero attached hydrogens (tertiary/aromatic N) is 1. The van der Waals surface area contributed by atoms with Gasteiger partial charge in [-0.15, -0.1) is 0 Å². The van der Waals surface area contributed by atoms with Crippen molar-refractivity contribution in [2.75, 3.05) is 13.7 Å². The summed E-state index contributed by atoms with van der Waals surface area (Å²) >= 11 is 0. The summed E-state index contributed by atoms with van der Waals surface area (Å²) in [4.78, 5) is 17.3. The number of esters is 1. The average Bonchev–Trinajstić information content (AvgIpc) is 2.47. The highest BCUT2D eigenvalue weighted by Gasteiger charge is 2.22. The summed E-state index contributed by atoms with van der Waals surface area (Å²) < 4.78 is 6.24. The molecule has 1 atom stereocenters. The van der Waals surface area contributed by atoms with Crippen LogP contribution in [0, 0.1) is 5.92 Å². The standard InChI is InChI=1S/C15H24NO3/c1-4-6-9-13(5-2)12-19-16-11-8-7-10-14(16)15(17)18-3/h7-8,10-11,13H,4-6,9,12H2,1-3H3/q+1. The maximum atomic E-state index is 11.6. The molecule has 0 N–H and O–H groups in total. The van der Waals surface area contributed by atoms with Crippen LogP contribution in [0.5, 0.6) is 0 Å². The summed E-state index contributed by atoms with van der Waals surface area (Å²) in [6.07, 6.45) is 6.39. The van der Waals surface area contributed by atoms with Gasteiger partial charge in [0.1, 0.15) is 0 Å². The van der Waals surface area contributed by atoms with Crippen molar-refractivity contribution in [3.8, 4) is 0 Å². The van der Waals surface area contributed by atoms with Crippen molar-refractivity contribution in [2.24, 2.45) is 5.92 Å². The molecule has 106 valence electrons. The maximum absolute atomic E-state index is 11.6. The summed E-state index contributed by atoms with van der Waals surface area (Å²) in [6, 6.07) is 5.32. The van der Waals surface area contributed by atoms with Crippen molar-refractivity contribution in [1.29, 1.82) is 0 Å². The predicted octanol–water partition coefficient (Wildman–Crippen LogP) is 2.41. The Hall–Kier alpha value is -1.58. The Kier molecular flexibility index (Phi) is 6.93.